The molecule has 1 saturated carbocycles. The van der Waals surface area contributed by atoms with E-state index in [0.717, 1.165) is 18.0 Å². The summed E-state index contributed by atoms with van der Waals surface area (Å²) in [6.45, 7) is 7.72. The molecule has 0 bridgehead atoms. The second kappa shape index (κ2) is 7.51. The SMILES string of the molecule is CC(C)CN(c1cccc(Cl)c1CC(C)N)C1CCCC1. The summed E-state index contributed by atoms with van der Waals surface area (Å²) < 4.78 is 0. The maximum atomic E-state index is 6.48. The molecule has 1 aromatic rings. The fraction of sp³-hybridized carbons (Fsp3) is 0.667. The highest BCUT2D eigenvalue weighted by Gasteiger charge is 2.25. The zero-order valence-electron chi connectivity index (χ0n) is 13.6. The quantitative estimate of drug-likeness (QED) is 0.830. The van der Waals surface area contributed by atoms with Crippen LogP contribution in [0.15, 0.2) is 18.2 Å². The minimum atomic E-state index is 0.133. The van der Waals surface area contributed by atoms with E-state index < -0.39 is 0 Å². The first kappa shape index (κ1) is 16.6. The third kappa shape index (κ3) is 4.37. The number of rotatable bonds is 6. The fourth-order valence-corrected chi connectivity index (χ4v) is 3.64. The minimum Gasteiger partial charge on any atom is -0.368 e. The summed E-state index contributed by atoms with van der Waals surface area (Å²) in [5.74, 6) is 0.646. The summed E-state index contributed by atoms with van der Waals surface area (Å²) in [6, 6.07) is 7.09. The summed E-state index contributed by atoms with van der Waals surface area (Å²) in [4.78, 5) is 2.60. The average molecular weight is 309 g/mol. The summed E-state index contributed by atoms with van der Waals surface area (Å²) in [5.41, 5.74) is 8.57. The molecule has 3 heteroatoms. The van der Waals surface area contributed by atoms with Gasteiger partial charge in [0.2, 0.25) is 0 Å². The maximum absolute atomic E-state index is 6.48. The van der Waals surface area contributed by atoms with Gasteiger partial charge in [-0.25, -0.2) is 0 Å². The van der Waals surface area contributed by atoms with Crippen LogP contribution in [0.1, 0.15) is 52.0 Å². The minimum absolute atomic E-state index is 0.133. The topological polar surface area (TPSA) is 29.3 Å². The lowest BCUT2D eigenvalue weighted by molar-refractivity contribution is 0.533. The zero-order valence-corrected chi connectivity index (χ0v) is 14.4. The van der Waals surface area contributed by atoms with Gasteiger partial charge >= 0.3 is 0 Å². The third-order valence-corrected chi connectivity index (χ3v) is 4.61. The fourth-order valence-electron chi connectivity index (χ4n) is 3.39. The summed E-state index contributed by atoms with van der Waals surface area (Å²) in [6.07, 6.45) is 6.15. The normalized spacial score (nSPS) is 17.4. The Labute approximate surface area is 134 Å². The molecule has 0 radical (unpaired) electrons. The van der Waals surface area contributed by atoms with Crippen molar-refractivity contribution in [2.45, 2.75) is 65.0 Å². The predicted octanol–water partition coefficient (Wildman–Crippen LogP) is 4.63. The van der Waals surface area contributed by atoms with Gasteiger partial charge in [0.05, 0.1) is 0 Å². The van der Waals surface area contributed by atoms with Gasteiger partial charge in [-0.2, -0.15) is 0 Å². The Balaban J connectivity index is 2.35. The molecule has 118 valence electrons. The molecule has 2 nitrogen and oxygen atoms in total. The molecule has 1 fully saturated rings. The van der Waals surface area contributed by atoms with Crippen molar-refractivity contribution in [3.05, 3.63) is 28.8 Å². The highest BCUT2D eigenvalue weighted by Crippen LogP contribution is 2.34. The van der Waals surface area contributed by atoms with Gasteiger partial charge in [-0.15, -0.1) is 0 Å². The molecule has 1 aromatic carbocycles. The Bertz CT molecular complexity index is 451. The van der Waals surface area contributed by atoms with E-state index in [9.17, 15) is 0 Å². The van der Waals surface area contributed by atoms with Crippen LogP contribution in [-0.2, 0) is 6.42 Å². The van der Waals surface area contributed by atoms with E-state index in [1.807, 2.05) is 6.07 Å². The molecule has 0 spiro atoms. The van der Waals surface area contributed by atoms with Crippen molar-refractivity contribution in [2.75, 3.05) is 11.4 Å². The highest BCUT2D eigenvalue weighted by atomic mass is 35.5. The maximum Gasteiger partial charge on any atom is 0.0459 e. The number of halogens is 1. The van der Waals surface area contributed by atoms with E-state index in [0.29, 0.717) is 12.0 Å². The smallest absolute Gasteiger partial charge is 0.0459 e. The van der Waals surface area contributed by atoms with E-state index in [1.165, 1.54) is 36.9 Å². The molecule has 0 saturated heterocycles. The number of anilines is 1. The molecule has 21 heavy (non-hydrogen) atoms. The van der Waals surface area contributed by atoms with E-state index in [1.54, 1.807) is 0 Å². The van der Waals surface area contributed by atoms with Gasteiger partial charge in [0.1, 0.15) is 0 Å². The van der Waals surface area contributed by atoms with E-state index in [4.69, 9.17) is 17.3 Å². The van der Waals surface area contributed by atoms with Crippen LogP contribution in [0.4, 0.5) is 5.69 Å². The van der Waals surface area contributed by atoms with Crippen LogP contribution in [0.3, 0.4) is 0 Å². The largest absolute Gasteiger partial charge is 0.368 e. The van der Waals surface area contributed by atoms with Gasteiger partial charge in [0.15, 0.2) is 0 Å². The standard InChI is InChI=1S/C18H29ClN2/c1-13(2)12-21(15-7-4-5-8-15)18-10-6-9-17(19)16(18)11-14(3)20/h6,9-10,13-15H,4-5,7-8,11-12,20H2,1-3H3. The van der Waals surface area contributed by atoms with Crippen molar-refractivity contribution in [1.29, 1.82) is 0 Å². The van der Waals surface area contributed by atoms with E-state index >= 15 is 0 Å². The highest BCUT2D eigenvalue weighted by molar-refractivity contribution is 6.31. The van der Waals surface area contributed by atoms with Crippen molar-refractivity contribution < 1.29 is 0 Å². The van der Waals surface area contributed by atoms with Crippen molar-refractivity contribution in [3.63, 3.8) is 0 Å². The van der Waals surface area contributed by atoms with Gasteiger partial charge in [-0.05, 0) is 49.8 Å². The number of nitrogens with two attached hydrogens (primary N) is 1. The lowest BCUT2D eigenvalue weighted by atomic mass is 10.0. The molecule has 1 atom stereocenters. The van der Waals surface area contributed by atoms with Crippen molar-refractivity contribution in [2.24, 2.45) is 11.7 Å². The van der Waals surface area contributed by atoms with Crippen LogP contribution in [0, 0.1) is 5.92 Å². The lowest BCUT2D eigenvalue weighted by Crippen LogP contribution is -2.37. The zero-order chi connectivity index (χ0) is 15.4. The van der Waals surface area contributed by atoms with Crippen LogP contribution in [0.2, 0.25) is 5.02 Å². The van der Waals surface area contributed by atoms with Crippen LogP contribution in [0.25, 0.3) is 0 Å². The van der Waals surface area contributed by atoms with Gasteiger partial charge < -0.3 is 10.6 Å². The summed E-state index contributed by atoms with van der Waals surface area (Å²) >= 11 is 6.48. The lowest BCUT2D eigenvalue weighted by Gasteiger charge is -2.35. The van der Waals surface area contributed by atoms with Gasteiger partial charge in [0.25, 0.3) is 0 Å². The molecule has 0 heterocycles. The van der Waals surface area contributed by atoms with Crippen LogP contribution >= 0.6 is 11.6 Å². The van der Waals surface area contributed by atoms with Gasteiger partial charge in [-0.3, -0.25) is 0 Å². The monoisotopic (exact) mass is 308 g/mol. The van der Waals surface area contributed by atoms with Gasteiger partial charge in [0, 0.05) is 29.3 Å². The molecule has 0 aliphatic heterocycles. The number of hydrogen-bond acceptors (Lipinski definition) is 2. The second-order valence-electron chi connectivity index (χ2n) is 6.90. The van der Waals surface area contributed by atoms with E-state index in [-0.39, 0.29) is 6.04 Å². The van der Waals surface area contributed by atoms with Crippen LogP contribution < -0.4 is 10.6 Å². The Kier molecular flexibility index (Phi) is 5.95. The Hall–Kier alpha value is -0.730. The molecule has 0 aromatic heterocycles. The molecular weight excluding hydrogens is 280 g/mol. The molecule has 2 N–H and O–H groups in total. The molecule has 1 unspecified atom stereocenters. The van der Waals surface area contributed by atoms with Gasteiger partial charge in [-0.1, -0.05) is 44.4 Å². The number of nitrogens with zero attached hydrogens (tertiary/aromatic N) is 1. The molecule has 1 aliphatic rings. The average Bonchev–Trinajstić information content (AvgIpc) is 2.92. The van der Waals surface area contributed by atoms with Crippen molar-refractivity contribution >= 4 is 17.3 Å². The molecule has 0 amide bonds. The molecule has 1 aliphatic carbocycles. The summed E-state index contributed by atoms with van der Waals surface area (Å²) in [5, 5.41) is 0.858. The second-order valence-corrected chi connectivity index (χ2v) is 7.31. The van der Waals surface area contributed by atoms with Crippen molar-refractivity contribution in [1.82, 2.24) is 0 Å². The van der Waals surface area contributed by atoms with Crippen LogP contribution in [0.5, 0.6) is 0 Å². The van der Waals surface area contributed by atoms with Crippen molar-refractivity contribution in [3.8, 4) is 0 Å². The Morgan fingerprint density at radius 1 is 1.24 bits per heavy atom. The van der Waals surface area contributed by atoms with Crippen LogP contribution in [-0.4, -0.2) is 18.6 Å². The third-order valence-electron chi connectivity index (χ3n) is 4.26. The number of benzene rings is 1. The first-order valence-electron chi connectivity index (χ1n) is 8.28. The predicted molar refractivity (Wildman–Crippen MR) is 93.2 cm³/mol. The van der Waals surface area contributed by atoms with E-state index in [2.05, 4.69) is 37.8 Å². The Morgan fingerprint density at radius 2 is 1.90 bits per heavy atom. The summed E-state index contributed by atoms with van der Waals surface area (Å²) in [7, 11) is 0. The molecular formula is C18H29ClN2. The molecule has 2 rings (SSSR count). The Morgan fingerprint density at radius 3 is 2.48 bits per heavy atom. The first-order valence-corrected chi connectivity index (χ1v) is 8.66. The number of hydrogen-bond donors (Lipinski definition) is 1. The first-order chi connectivity index (χ1) is 9.99.